The molecule has 0 radical (unpaired) electrons. The molecule has 1 saturated heterocycles. The summed E-state index contributed by atoms with van der Waals surface area (Å²) in [4.78, 5) is 38.9. The van der Waals surface area contributed by atoms with Crippen molar-refractivity contribution in [1.82, 2.24) is 10.2 Å². The normalized spacial score (nSPS) is 18.6. The highest BCUT2D eigenvalue weighted by atomic mass is 16.5. The monoisotopic (exact) mass is 396 g/mol. The first kappa shape index (κ1) is 20.5. The van der Waals surface area contributed by atoms with Crippen LogP contribution in [-0.2, 0) is 31.2 Å². The van der Waals surface area contributed by atoms with Crippen LogP contribution in [-0.4, -0.2) is 43.1 Å². The van der Waals surface area contributed by atoms with Crippen molar-refractivity contribution in [3.8, 4) is 0 Å². The van der Waals surface area contributed by atoms with Gasteiger partial charge in [0.1, 0.15) is 0 Å². The number of esters is 1. The van der Waals surface area contributed by atoms with Gasteiger partial charge in [-0.3, -0.25) is 14.9 Å². The lowest BCUT2D eigenvalue weighted by molar-refractivity contribution is -0.147. The number of nitrogens with one attached hydrogen (secondary N) is 1. The minimum absolute atomic E-state index is 0.254. The number of hydrogen-bond donors (Lipinski definition) is 1. The fraction of sp³-hybridized carbons (Fsp3) is 0.318. The van der Waals surface area contributed by atoms with Crippen LogP contribution in [0.5, 0.6) is 0 Å². The lowest BCUT2D eigenvalue weighted by Crippen LogP contribution is -2.49. The van der Waals surface area contributed by atoms with Crippen molar-refractivity contribution in [3.05, 3.63) is 71.8 Å². The summed E-state index contributed by atoms with van der Waals surface area (Å²) in [5.41, 5.74) is 0.204. The molecule has 0 saturated carbocycles. The Hall–Kier alpha value is -3.19. The van der Waals surface area contributed by atoms with Crippen LogP contribution in [0.15, 0.2) is 60.7 Å². The van der Waals surface area contributed by atoms with E-state index in [2.05, 4.69) is 5.32 Å². The first-order valence-electron chi connectivity index (χ1n) is 9.45. The predicted octanol–water partition coefficient (Wildman–Crippen LogP) is 2.60. The molecule has 0 spiro atoms. The Kier molecular flexibility index (Phi) is 6.61. The maximum Gasteiger partial charge on any atom is 0.325 e. The maximum absolute atomic E-state index is 12.8. The van der Waals surface area contributed by atoms with Crippen molar-refractivity contribution in [2.75, 3.05) is 20.3 Å². The van der Waals surface area contributed by atoms with Crippen molar-refractivity contribution < 1.29 is 23.9 Å². The van der Waals surface area contributed by atoms with Gasteiger partial charge in [0.05, 0.1) is 20.1 Å². The molecule has 29 heavy (non-hydrogen) atoms. The molecule has 3 rings (SSSR count). The van der Waals surface area contributed by atoms with E-state index in [1.165, 1.54) is 12.0 Å². The summed E-state index contributed by atoms with van der Waals surface area (Å²) in [6, 6.07) is 18.1. The third-order valence-corrected chi connectivity index (χ3v) is 4.96. The Morgan fingerprint density at radius 1 is 1.03 bits per heavy atom. The van der Waals surface area contributed by atoms with Crippen LogP contribution in [0.2, 0.25) is 0 Å². The number of carbonyl (C=O) groups excluding carboxylic acids is 3. The second-order valence-electron chi connectivity index (χ2n) is 6.78. The largest absolute Gasteiger partial charge is 0.469 e. The molecule has 7 heteroatoms. The SMILES string of the molecule is COC(=O)C[C@@]1(c2ccccc2)C(=O)NC(=O)N1CCCOCc1ccccc1. The van der Waals surface area contributed by atoms with Gasteiger partial charge in [-0.15, -0.1) is 0 Å². The molecule has 7 nitrogen and oxygen atoms in total. The van der Waals surface area contributed by atoms with Crippen LogP contribution >= 0.6 is 0 Å². The third-order valence-electron chi connectivity index (χ3n) is 4.96. The zero-order chi connectivity index (χ0) is 20.7. The summed E-state index contributed by atoms with van der Waals surface area (Å²) in [5, 5.41) is 2.35. The molecule has 1 atom stereocenters. The second-order valence-corrected chi connectivity index (χ2v) is 6.78. The number of imide groups is 1. The summed E-state index contributed by atoms with van der Waals surface area (Å²) >= 11 is 0. The van der Waals surface area contributed by atoms with Crippen LogP contribution in [0.4, 0.5) is 4.79 Å². The van der Waals surface area contributed by atoms with Gasteiger partial charge in [-0.25, -0.2) is 4.79 Å². The van der Waals surface area contributed by atoms with Gasteiger partial charge in [0.25, 0.3) is 5.91 Å². The highest BCUT2D eigenvalue weighted by Gasteiger charge is 2.55. The van der Waals surface area contributed by atoms with Crippen LogP contribution < -0.4 is 5.32 Å². The van der Waals surface area contributed by atoms with Gasteiger partial charge < -0.3 is 14.4 Å². The molecule has 2 aromatic rings. The standard InChI is InChI=1S/C22H24N2O5/c1-28-19(25)15-22(18-11-6-3-7-12-18)20(26)23-21(27)24(22)13-8-14-29-16-17-9-4-2-5-10-17/h2-7,9-12H,8,13-16H2,1H3,(H,23,26,27)/t22-/m1/s1. The van der Waals surface area contributed by atoms with Crippen LogP contribution in [0, 0.1) is 0 Å². The van der Waals surface area contributed by atoms with Crippen molar-refractivity contribution in [3.63, 3.8) is 0 Å². The van der Waals surface area contributed by atoms with E-state index in [4.69, 9.17) is 9.47 Å². The van der Waals surface area contributed by atoms with E-state index in [9.17, 15) is 14.4 Å². The summed E-state index contributed by atoms with van der Waals surface area (Å²) in [7, 11) is 1.26. The van der Waals surface area contributed by atoms with Crippen LogP contribution in [0.25, 0.3) is 0 Å². The molecular formula is C22H24N2O5. The molecule has 0 bridgehead atoms. The average molecular weight is 396 g/mol. The van der Waals surface area contributed by atoms with Gasteiger partial charge in [-0.2, -0.15) is 0 Å². The van der Waals surface area contributed by atoms with E-state index in [0.717, 1.165) is 5.56 Å². The van der Waals surface area contributed by atoms with Crippen molar-refractivity contribution >= 4 is 17.9 Å². The molecule has 152 valence electrons. The van der Waals surface area contributed by atoms with Crippen LogP contribution in [0.1, 0.15) is 24.0 Å². The molecule has 2 aromatic carbocycles. The quantitative estimate of drug-likeness (QED) is 0.400. The lowest BCUT2D eigenvalue weighted by Gasteiger charge is -2.35. The molecule has 1 aliphatic rings. The third kappa shape index (κ3) is 4.46. The van der Waals surface area contributed by atoms with Crippen molar-refractivity contribution in [1.29, 1.82) is 0 Å². The number of benzene rings is 2. The number of amides is 3. The van der Waals surface area contributed by atoms with Crippen molar-refractivity contribution in [2.24, 2.45) is 0 Å². The van der Waals surface area contributed by atoms with Gasteiger partial charge in [-0.05, 0) is 17.5 Å². The lowest BCUT2D eigenvalue weighted by atomic mass is 9.85. The Balaban J connectivity index is 1.72. The van der Waals surface area contributed by atoms with Gasteiger partial charge in [0.2, 0.25) is 0 Å². The van der Waals surface area contributed by atoms with E-state index in [1.807, 2.05) is 36.4 Å². The molecule has 1 fully saturated rings. The summed E-state index contributed by atoms with van der Waals surface area (Å²) in [6.45, 7) is 1.15. The van der Waals surface area contributed by atoms with Gasteiger partial charge in [0.15, 0.2) is 5.54 Å². The fourth-order valence-corrected chi connectivity index (χ4v) is 3.50. The minimum atomic E-state index is -1.43. The Bertz CT molecular complexity index is 856. The van der Waals surface area contributed by atoms with E-state index in [-0.39, 0.29) is 13.0 Å². The molecule has 0 aliphatic carbocycles. The van der Waals surface area contributed by atoms with E-state index < -0.39 is 23.4 Å². The molecule has 1 N–H and O–H groups in total. The Morgan fingerprint density at radius 2 is 1.69 bits per heavy atom. The van der Waals surface area contributed by atoms with Gasteiger partial charge in [0, 0.05) is 13.2 Å². The number of methoxy groups -OCH3 is 1. The Morgan fingerprint density at radius 3 is 2.34 bits per heavy atom. The topological polar surface area (TPSA) is 84.9 Å². The van der Waals surface area contributed by atoms with E-state index >= 15 is 0 Å². The van der Waals surface area contributed by atoms with Crippen LogP contribution in [0.3, 0.4) is 0 Å². The number of rotatable bonds is 9. The van der Waals surface area contributed by atoms with Gasteiger partial charge in [-0.1, -0.05) is 60.7 Å². The number of hydrogen-bond acceptors (Lipinski definition) is 5. The Labute approximate surface area is 169 Å². The predicted molar refractivity (Wildman–Crippen MR) is 106 cm³/mol. The zero-order valence-electron chi connectivity index (χ0n) is 16.3. The number of ether oxygens (including phenoxy) is 2. The molecule has 3 amide bonds. The average Bonchev–Trinajstić information content (AvgIpc) is 2.99. The van der Waals surface area contributed by atoms with E-state index in [1.54, 1.807) is 24.3 Å². The maximum atomic E-state index is 12.8. The van der Waals surface area contributed by atoms with Crippen molar-refractivity contribution in [2.45, 2.75) is 25.0 Å². The molecule has 0 aromatic heterocycles. The second kappa shape index (κ2) is 9.34. The first-order valence-corrected chi connectivity index (χ1v) is 9.45. The smallest absolute Gasteiger partial charge is 0.325 e. The van der Waals surface area contributed by atoms with E-state index in [0.29, 0.717) is 25.2 Å². The summed E-state index contributed by atoms with van der Waals surface area (Å²) in [6.07, 6.45) is 0.263. The highest BCUT2D eigenvalue weighted by molar-refractivity contribution is 6.09. The zero-order valence-corrected chi connectivity index (χ0v) is 16.3. The summed E-state index contributed by atoms with van der Waals surface area (Å²) in [5.74, 6) is -1.09. The summed E-state index contributed by atoms with van der Waals surface area (Å²) < 4.78 is 10.5. The molecule has 1 aliphatic heterocycles. The highest BCUT2D eigenvalue weighted by Crippen LogP contribution is 2.37. The molecule has 1 heterocycles. The number of carbonyl (C=O) groups is 3. The first-order chi connectivity index (χ1) is 14.1. The fourth-order valence-electron chi connectivity index (χ4n) is 3.50. The molecule has 0 unspecified atom stereocenters. The number of urea groups is 1. The van der Waals surface area contributed by atoms with Gasteiger partial charge >= 0.3 is 12.0 Å². The molecular weight excluding hydrogens is 372 g/mol. The number of nitrogens with zero attached hydrogens (tertiary/aromatic N) is 1. The minimum Gasteiger partial charge on any atom is -0.469 e.